The van der Waals surface area contributed by atoms with Gasteiger partial charge in [-0.3, -0.25) is 9.36 Å². The van der Waals surface area contributed by atoms with Gasteiger partial charge in [-0.15, -0.1) is 0 Å². The van der Waals surface area contributed by atoms with Crippen LogP contribution in [0.4, 0.5) is 0 Å². The molecule has 0 spiro atoms. The zero-order valence-corrected chi connectivity index (χ0v) is 15.8. The fourth-order valence-electron chi connectivity index (χ4n) is 1.66. The zero-order valence-electron chi connectivity index (χ0n) is 15.0. The van der Waals surface area contributed by atoms with Crippen molar-refractivity contribution in [2.45, 2.75) is 60.8 Å². The first-order valence-corrected chi connectivity index (χ1v) is 9.61. The van der Waals surface area contributed by atoms with Crippen LogP contribution in [0.3, 0.4) is 0 Å². The smallest absolute Gasteiger partial charge is 0.304 e. The van der Waals surface area contributed by atoms with E-state index in [9.17, 15) is 9.36 Å². The Morgan fingerprint density at radius 3 is 1.55 bits per heavy atom. The van der Waals surface area contributed by atoms with Crippen molar-refractivity contribution in [3.63, 3.8) is 0 Å². The molecule has 0 aromatic rings. The number of carboxylic acid groups (broad SMARTS) is 1. The molecule has 0 aliphatic rings. The van der Waals surface area contributed by atoms with Gasteiger partial charge in [0.05, 0.1) is 6.42 Å². The summed E-state index contributed by atoms with van der Waals surface area (Å²) in [5.41, 5.74) is 0.314. The molecule has 7 heteroatoms. The quantitative estimate of drug-likeness (QED) is 0.458. The van der Waals surface area contributed by atoms with Crippen LogP contribution >= 0.6 is 7.59 Å². The summed E-state index contributed by atoms with van der Waals surface area (Å²) in [6, 6.07) is 0. The highest BCUT2D eigenvalue weighted by molar-refractivity contribution is 7.57. The Balaban J connectivity index is 4.46. The molecule has 0 heterocycles. The molecule has 0 amide bonds. The van der Waals surface area contributed by atoms with Crippen LogP contribution in [0, 0.1) is 10.8 Å². The molecular weight excluding hydrogens is 301 g/mol. The van der Waals surface area contributed by atoms with E-state index in [2.05, 4.69) is 56.8 Å². The molecule has 132 valence electrons. The molecule has 0 aromatic heterocycles. The highest BCUT2D eigenvalue weighted by Gasteiger charge is 2.22. The average molecular weight is 335 g/mol. The Hall–Kier alpha value is -0.420. The summed E-state index contributed by atoms with van der Waals surface area (Å²) in [4.78, 5) is 10.6. The van der Waals surface area contributed by atoms with Gasteiger partial charge < -0.3 is 5.11 Å². The largest absolute Gasteiger partial charge is 0.481 e. The minimum Gasteiger partial charge on any atom is -0.481 e. The van der Waals surface area contributed by atoms with Gasteiger partial charge in [0.1, 0.15) is 0 Å². The number of hydrogen-bond acceptors (Lipinski definition) is 2. The highest BCUT2D eigenvalue weighted by Crippen LogP contribution is 2.32. The lowest BCUT2D eigenvalue weighted by atomic mass is 9.93. The fraction of sp³-hybridized carbons (Fsp3) is 0.933. The lowest BCUT2D eigenvalue weighted by Gasteiger charge is -2.26. The first kappa shape index (κ1) is 21.6. The Morgan fingerprint density at radius 1 is 0.864 bits per heavy atom. The molecular formula is C15H34N3O3P. The van der Waals surface area contributed by atoms with Gasteiger partial charge in [0, 0.05) is 19.6 Å². The average Bonchev–Trinajstić information content (AvgIpc) is 2.24. The van der Waals surface area contributed by atoms with Crippen molar-refractivity contribution in [2.75, 3.05) is 19.6 Å². The summed E-state index contributed by atoms with van der Waals surface area (Å²) in [7, 11) is -2.96. The Labute approximate surface area is 135 Å². The van der Waals surface area contributed by atoms with E-state index in [1.54, 1.807) is 0 Å². The van der Waals surface area contributed by atoms with Gasteiger partial charge in [-0.2, -0.15) is 0 Å². The zero-order chi connectivity index (χ0) is 17.4. The summed E-state index contributed by atoms with van der Waals surface area (Å²) < 4.78 is 12.8. The monoisotopic (exact) mass is 335 g/mol. The standard InChI is InChI=1S/C15H34N3O3P/c1-14(2,3)8-11-17-22(21,16-10-7-13(19)20)18-12-9-15(4,5)6/h7-12H2,1-6H3,(H,19,20)(H3,16,17,18,21). The van der Waals surface area contributed by atoms with E-state index in [1.807, 2.05) is 0 Å². The highest BCUT2D eigenvalue weighted by atomic mass is 31.2. The van der Waals surface area contributed by atoms with E-state index < -0.39 is 13.6 Å². The van der Waals surface area contributed by atoms with Crippen LogP contribution < -0.4 is 15.3 Å². The predicted molar refractivity (Wildman–Crippen MR) is 92.0 cm³/mol. The lowest BCUT2D eigenvalue weighted by molar-refractivity contribution is -0.136. The van der Waals surface area contributed by atoms with Gasteiger partial charge in [0.25, 0.3) is 7.59 Å². The first-order chi connectivity index (χ1) is 9.83. The third-order valence-corrected chi connectivity index (χ3v) is 5.10. The second-order valence-electron chi connectivity index (χ2n) is 8.10. The Morgan fingerprint density at radius 2 is 1.23 bits per heavy atom. The third kappa shape index (κ3) is 13.3. The summed E-state index contributed by atoms with van der Waals surface area (Å²) in [5, 5.41) is 17.7. The van der Waals surface area contributed by atoms with Gasteiger partial charge in [-0.05, 0) is 23.7 Å². The predicted octanol–water partition coefficient (Wildman–Crippen LogP) is 3.21. The van der Waals surface area contributed by atoms with Gasteiger partial charge in [-0.1, -0.05) is 41.5 Å². The molecule has 0 aliphatic carbocycles. The normalized spacial score (nSPS) is 13.4. The molecule has 0 rings (SSSR count). The van der Waals surface area contributed by atoms with Crippen molar-refractivity contribution in [3.05, 3.63) is 0 Å². The maximum absolute atomic E-state index is 12.8. The molecule has 0 aliphatic heterocycles. The van der Waals surface area contributed by atoms with E-state index in [1.165, 1.54) is 0 Å². The minimum atomic E-state index is -2.96. The molecule has 0 atom stereocenters. The second-order valence-corrected chi connectivity index (χ2v) is 10.3. The van der Waals surface area contributed by atoms with Crippen molar-refractivity contribution in [1.82, 2.24) is 15.3 Å². The minimum absolute atomic E-state index is 0.0497. The Kier molecular flexibility index (Phi) is 8.85. The van der Waals surface area contributed by atoms with Crippen molar-refractivity contribution in [3.8, 4) is 0 Å². The molecule has 22 heavy (non-hydrogen) atoms. The van der Waals surface area contributed by atoms with E-state index in [4.69, 9.17) is 5.11 Å². The number of nitrogens with one attached hydrogen (secondary N) is 3. The molecule has 0 unspecified atom stereocenters. The van der Waals surface area contributed by atoms with Gasteiger partial charge >= 0.3 is 5.97 Å². The molecule has 0 aromatic carbocycles. The summed E-state index contributed by atoms with van der Waals surface area (Å²) in [5.74, 6) is -0.900. The van der Waals surface area contributed by atoms with Crippen molar-refractivity contribution < 1.29 is 14.5 Å². The number of carboxylic acids is 1. The fourth-order valence-corrected chi connectivity index (χ4v) is 3.28. The van der Waals surface area contributed by atoms with E-state index in [0.717, 1.165) is 12.8 Å². The summed E-state index contributed by atoms with van der Waals surface area (Å²) in [6.45, 7) is 14.2. The van der Waals surface area contributed by atoms with Crippen molar-refractivity contribution >= 4 is 13.6 Å². The van der Waals surface area contributed by atoms with Crippen LogP contribution in [0.15, 0.2) is 0 Å². The van der Waals surface area contributed by atoms with Crippen molar-refractivity contribution in [1.29, 1.82) is 0 Å². The molecule has 6 nitrogen and oxygen atoms in total. The van der Waals surface area contributed by atoms with Crippen LogP contribution in [-0.4, -0.2) is 30.7 Å². The maximum atomic E-state index is 12.8. The Bertz CT molecular complexity index is 362. The van der Waals surface area contributed by atoms with Crippen LogP contribution in [0.5, 0.6) is 0 Å². The number of aliphatic carboxylic acids is 1. The van der Waals surface area contributed by atoms with Crippen molar-refractivity contribution in [2.24, 2.45) is 10.8 Å². The molecule has 0 bridgehead atoms. The number of carbonyl (C=O) groups is 1. The van der Waals surface area contributed by atoms with Crippen LogP contribution in [0.25, 0.3) is 0 Å². The summed E-state index contributed by atoms with van der Waals surface area (Å²) in [6.07, 6.45) is 1.73. The molecule has 0 fully saturated rings. The number of hydrogen-bond donors (Lipinski definition) is 4. The first-order valence-electron chi connectivity index (χ1n) is 7.90. The summed E-state index contributed by atoms with van der Waals surface area (Å²) >= 11 is 0. The van der Waals surface area contributed by atoms with E-state index in [0.29, 0.717) is 13.1 Å². The van der Waals surface area contributed by atoms with Crippen LogP contribution in [0.2, 0.25) is 0 Å². The molecule has 0 saturated carbocycles. The second kappa shape index (κ2) is 9.02. The van der Waals surface area contributed by atoms with Gasteiger partial charge in [0.15, 0.2) is 0 Å². The molecule has 0 saturated heterocycles. The molecule has 0 radical (unpaired) electrons. The SMILES string of the molecule is CC(C)(C)CCNP(=O)(NCCC(=O)O)NCCC(C)(C)C. The third-order valence-electron chi connectivity index (χ3n) is 3.09. The number of rotatable bonds is 10. The van der Waals surface area contributed by atoms with Crippen LogP contribution in [-0.2, 0) is 9.36 Å². The van der Waals surface area contributed by atoms with E-state index in [-0.39, 0.29) is 23.8 Å². The lowest BCUT2D eigenvalue weighted by Crippen LogP contribution is -2.35. The van der Waals surface area contributed by atoms with Crippen LogP contribution in [0.1, 0.15) is 60.8 Å². The van der Waals surface area contributed by atoms with E-state index >= 15 is 0 Å². The maximum Gasteiger partial charge on any atom is 0.304 e. The van der Waals surface area contributed by atoms with Gasteiger partial charge in [0.2, 0.25) is 0 Å². The topological polar surface area (TPSA) is 90.5 Å². The molecule has 4 N–H and O–H groups in total. The van der Waals surface area contributed by atoms with Gasteiger partial charge in [-0.25, -0.2) is 15.3 Å².